The maximum Gasteiger partial charge on any atom is 0.0576 e. The number of thiophene rings is 1. The van der Waals surface area contributed by atoms with Crippen molar-refractivity contribution in [3.05, 3.63) is 80.5 Å². The third kappa shape index (κ3) is 5.63. The van der Waals surface area contributed by atoms with Crippen molar-refractivity contribution >= 4 is 22.9 Å². The highest BCUT2D eigenvalue weighted by Gasteiger charge is 2.28. The molecule has 0 aliphatic carbocycles. The van der Waals surface area contributed by atoms with E-state index in [1.807, 2.05) is 23.5 Å². The summed E-state index contributed by atoms with van der Waals surface area (Å²) in [6, 6.07) is 10.8. The molecule has 2 heterocycles. The molecule has 2 aromatic rings. The lowest BCUT2D eigenvalue weighted by Gasteiger charge is -2.36. The van der Waals surface area contributed by atoms with Crippen LogP contribution in [0, 0.1) is 5.92 Å². The normalized spacial score (nSPS) is 15.3. The molecule has 29 heavy (non-hydrogen) atoms. The van der Waals surface area contributed by atoms with Crippen molar-refractivity contribution in [2.75, 3.05) is 6.54 Å². The average molecular weight is 428 g/mol. The molecule has 1 aromatic heterocycles. The second kappa shape index (κ2) is 10.1. The Morgan fingerprint density at radius 3 is 2.69 bits per heavy atom. The smallest absolute Gasteiger partial charge is 0.0576 e. The Bertz CT molecular complexity index is 863. The van der Waals surface area contributed by atoms with E-state index in [1.165, 1.54) is 33.6 Å². The fraction of sp³-hybridized carbons (Fsp3) is 0.462. The van der Waals surface area contributed by atoms with Crippen molar-refractivity contribution in [2.45, 2.75) is 65.5 Å². The molecule has 0 saturated carbocycles. The van der Waals surface area contributed by atoms with Crippen LogP contribution >= 0.6 is 22.9 Å². The lowest BCUT2D eigenvalue weighted by molar-refractivity contribution is 0.203. The summed E-state index contributed by atoms with van der Waals surface area (Å²) in [5.74, 6) is 0.741. The summed E-state index contributed by atoms with van der Waals surface area (Å²) in [5.41, 5.74) is 5.26. The zero-order chi connectivity index (χ0) is 21.0. The van der Waals surface area contributed by atoms with Gasteiger partial charge in [-0.15, -0.1) is 11.3 Å². The second-order valence-electron chi connectivity index (χ2n) is 8.68. The van der Waals surface area contributed by atoms with E-state index in [9.17, 15) is 0 Å². The lowest BCUT2D eigenvalue weighted by Crippen LogP contribution is -2.34. The van der Waals surface area contributed by atoms with Crippen LogP contribution < -0.4 is 0 Å². The highest BCUT2D eigenvalue weighted by Crippen LogP contribution is 2.39. The fourth-order valence-corrected chi connectivity index (χ4v) is 5.60. The Hall–Kier alpha value is -1.35. The minimum absolute atomic E-state index is 0.186. The van der Waals surface area contributed by atoms with Gasteiger partial charge in [-0.25, -0.2) is 0 Å². The summed E-state index contributed by atoms with van der Waals surface area (Å²) in [6.07, 6.45) is 5.47. The summed E-state index contributed by atoms with van der Waals surface area (Å²) in [6.45, 7) is 17.5. The van der Waals surface area contributed by atoms with Gasteiger partial charge in [0.05, 0.1) is 6.04 Å². The summed E-state index contributed by atoms with van der Waals surface area (Å²) in [5, 5.41) is 0.838. The van der Waals surface area contributed by atoms with Crippen LogP contribution in [0.15, 0.2) is 54.6 Å². The van der Waals surface area contributed by atoms with Crippen LogP contribution in [0.4, 0.5) is 0 Å². The number of fused-ring (bicyclic) bond motifs is 1. The summed E-state index contributed by atoms with van der Waals surface area (Å²) in [7, 11) is 0. The molecule has 1 aromatic carbocycles. The summed E-state index contributed by atoms with van der Waals surface area (Å²) < 4.78 is 0. The predicted octanol–water partition coefficient (Wildman–Crippen LogP) is 8.00. The molecular formula is C26H34ClNS. The van der Waals surface area contributed by atoms with E-state index < -0.39 is 0 Å². The lowest BCUT2D eigenvalue weighted by atomic mass is 9.94. The minimum Gasteiger partial charge on any atom is -0.288 e. The fourth-order valence-electron chi connectivity index (χ4n) is 4.12. The molecule has 0 N–H and O–H groups in total. The number of hydrogen-bond acceptors (Lipinski definition) is 2. The van der Waals surface area contributed by atoms with Crippen LogP contribution in [0.2, 0.25) is 5.02 Å². The molecule has 156 valence electrons. The number of allylic oxidation sites excluding steroid dienone is 1. The predicted molar refractivity (Wildman–Crippen MR) is 129 cm³/mol. The summed E-state index contributed by atoms with van der Waals surface area (Å²) >= 11 is 8.57. The molecule has 1 aliphatic rings. The second-order valence-corrected chi connectivity index (χ2v) is 10.3. The maximum absolute atomic E-state index is 6.58. The van der Waals surface area contributed by atoms with Gasteiger partial charge in [0.2, 0.25) is 0 Å². The first-order chi connectivity index (χ1) is 13.9. The van der Waals surface area contributed by atoms with Crippen molar-refractivity contribution in [1.82, 2.24) is 4.90 Å². The van der Waals surface area contributed by atoms with Crippen molar-refractivity contribution in [1.29, 1.82) is 0 Å². The van der Waals surface area contributed by atoms with Crippen molar-refractivity contribution < 1.29 is 0 Å². The molecule has 0 radical (unpaired) electrons. The third-order valence-electron chi connectivity index (χ3n) is 5.85. The van der Waals surface area contributed by atoms with Crippen LogP contribution in [-0.4, -0.2) is 11.4 Å². The zero-order valence-electron chi connectivity index (χ0n) is 18.1. The largest absolute Gasteiger partial charge is 0.288 e. The molecule has 1 nitrogen and oxygen atoms in total. The minimum atomic E-state index is 0.186. The van der Waals surface area contributed by atoms with Crippen molar-refractivity contribution in [3.8, 4) is 0 Å². The number of benzene rings is 1. The van der Waals surface area contributed by atoms with Gasteiger partial charge in [-0.3, -0.25) is 4.90 Å². The standard InChI is InChI=1S/C26H34ClNS/c1-6-20(5)26(23-9-7-8-10-24(23)27)28-14-13-25-21(17-28)16-22(29-25)15-19(4)12-11-18(2)3/h7-10,16,18,26H,4-6,11-15,17H2,1-3H3. The van der Waals surface area contributed by atoms with Crippen LogP contribution in [0.25, 0.3) is 0 Å². The molecule has 3 heteroatoms. The van der Waals surface area contributed by atoms with Gasteiger partial charge in [-0.2, -0.15) is 0 Å². The first-order valence-corrected chi connectivity index (χ1v) is 12.0. The molecule has 0 saturated heterocycles. The number of rotatable bonds is 9. The maximum atomic E-state index is 6.58. The Labute approximate surface area is 186 Å². The number of halogens is 1. The first-order valence-electron chi connectivity index (χ1n) is 10.8. The van der Waals surface area contributed by atoms with E-state index in [0.29, 0.717) is 0 Å². The third-order valence-corrected chi connectivity index (χ3v) is 7.43. The van der Waals surface area contributed by atoms with E-state index in [4.69, 9.17) is 11.6 Å². The van der Waals surface area contributed by atoms with Gasteiger partial charge >= 0.3 is 0 Å². The van der Waals surface area contributed by atoms with E-state index in [2.05, 4.69) is 57.0 Å². The molecule has 1 aliphatic heterocycles. The van der Waals surface area contributed by atoms with Gasteiger partial charge in [-0.05, 0) is 54.9 Å². The number of hydrogen-bond donors (Lipinski definition) is 0. The molecule has 0 fully saturated rings. The molecule has 3 rings (SSSR count). The Balaban J connectivity index is 1.75. The van der Waals surface area contributed by atoms with Gasteiger partial charge < -0.3 is 0 Å². The molecule has 0 bridgehead atoms. The topological polar surface area (TPSA) is 3.24 Å². The zero-order valence-corrected chi connectivity index (χ0v) is 19.7. The van der Waals surface area contributed by atoms with Crippen molar-refractivity contribution in [3.63, 3.8) is 0 Å². The highest BCUT2D eigenvalue weighted by atomic mass is 35.5. The Morgan fingerprint density at radius 2 is 2.00 bits per heavy atom. The van der Waals surface area contributed by atoms with Crippen LogP contribution in [-0.2, 0) is 19.4 Å². The van der Waals surface area contributed by atoms with E-state index in [1.54, 1.807) is 4.88 Å². The molecule has 1 atom stereocenters. The van der Waals surface area contributed by atoms with E-state index in [0.717, 1.165) is 49.7 Å². The molecule has 0 amide bonds. The average Bonchev–Trinajstić information content (AvgIpc) is 3.09. The van der Waals surface area contributed by atoms with Gasteiger partial charge in [0, 0.05) is 34.3 Å². The van der Waals surface area contributed by atoms with E-state index >= 15 is 0 Å². The molecular weight excluding hydrogens is 394 g/mol. The van der Waals surface area contributed by atoms with E-state index in [-0.39, 0.29) is 6.04 Å². The first kappa shape index (κ1) is 22.3. The van der Waals surface area contributed by atoms with Gasteiger partial charge in [0.25, 0.3) is 0 Å². The monoisotopic (exact) mass is 427 g/mol. The Kier molecular flexibility index (Phi) is 7.79. The quantitative estimate of drug-likeness (QED) is 0.366. The van der Waals surface area contributed by atoms with Gasteiger partial charge in [0.15, 0.2) is 0 Å². The van der Waals surface area contributed by atoms with Crippen LogP contribution in [0.3, 0.4) is 0 Å². The molecule has 1 unspecified atom stereocenters. The molecule has 0 spiro atoms. The van der Waals surface area contributed by atoms with Gasteiger partial charge in [-0.1, -0.05) is 74.9 Å². The van der Waals surface area contributed by atoms with Crippen molar-refractivity contribution in [2.24, 2.45) is 5.92 Å². The summed E-state index contributed by atoms with van der Waals surface area (Å²) in [4.78, 5) is 5.57. The van der Waals surface area contributed by atoms with Crippen LogP contribution in [0.1, 0.15) is 67.0 Å². The van der Waals surface area contributed by atoms with Crippen LogP contribution in [0.5, 0.6) is 0 Å². The Morgan fingerprint density at radius 1 is 1.24 bits per heavy atom. The SMILES string of the molecule is C=C(CCC(C)C)Cc1cc2c(s1)CCN(C(C(=C)CC)c1ccccc1Cl)C2. The van der Waals surface area contributed by atoms with Gasteiger partial charge in [0.1, 0.15) is 0 Å². The number of nitrogens with zero attached hydrogens (tertiary/aromatic N) is 1. The highest BCUT2D eigenvalue weighted by molar-refractivity contribution is 7.12.